The number of para-hydroxylation sites is 2. The van der Waals surface area contributed by atoms with E-state index in [0.29, 0.717) is 0 Å². The van der Waals surface area contributed by atoms with E-state index < -0.39 is 0 Å². The highest BCUT2D eigenvalue weighted by atomic mass is 16.3. The van der Waals surface area contributed by atoms with Crippen molar-refractivity contribution in [1.82, 2.24) is 9.55 Å². The number of furan rings is 1. The minimum absolute atomic E-state index is 0.878. The van der Waals surface area contributed by atoms with Crippen LogP contribution in [0.5, 0.6) is 0 Å². The van der Waals surface area contributed by atoms with E-state index in [9.17, 15) is 0 Å². The van der Waals surface area contributed by atoms with E-state index in [1.54, 1.807) is 0 Å². The monoisotopic (exact) mass is 636 g/mol. The lowest BCUT2D eigenvalue weighted by molar-refractivity contribution is 0.673. The first-order valence-corrected chi connectivity index (χ1v) is 17.0. The van der Waals surface area contributed by atoms with Gasteiger partial charge in [-0.3, -0.25) is 0 Å². The van der Waals surface area contributed by atoms with Gasteiger partial charge in [0.15, 0.2) is 0 Å². The molecule has 0 fully saturated rings. The molecule has 0 amide bonds. The van der Waals surface area contributed by atoms with Crippen LogP contribution in [0, 0.1) is 0 Å². The summed E-state index contributed by atoms with van der Waals surface area (Å²) in [5.74, 6) is 0. The molecule has 0 unspecified atom stereocenters. The zero-order valence-corrected chi connectivity index (χ0v) is 27.0. The van der Waals surface area contributed by atoms with Crippen LogP contribution in [-0.2, 0) is 0 Å². The van der Waals surface area contributed by atoms with Gasteiger partial charge in [0, 0.05) is 49.0 Å². The van der Waals surface area contributed by atoms with Crippen molar-refractivity contribution >= 4 is 76.2 Å². The Bertz CT molecular complexity index is 3090. The molecule has 232 valence electrons. The average Bonchev–Trinajstić information content (AvgIpc) is 3.74. The van der Waals surface area contributed by atoms with E-state index in [0.717, 1.165) is 77.1 Å². The molecule has 0 saturated carbocycles. The number of benzene rings is 8. The van der Waals surface area contributed by atoms with Gasteiger partial charge in [0.25, 0.3) is 0 Å². The van der Waals surface area contributed by atoms with Crippen molar-refractivity contribution in [1.29, 1.82) is 0 Å². The Hall–Kier alpha value is -6.71. The summed E-state index contributed by atoms with van der Waals surface area (Å²) in [6, 6.07) is 60.6. The number of fused-ring (bicyclic) bond motifs is 11. The minimum atomic E-state index is 0.878. The van der Waals surface area contributed by atoms with Crippen LogP contribution in [-0.4, -0.2) is 9.55 Å². The standard InChI is InChI=1S/C47H28N2O/c1-2-11-34-29(10-1)20-21-31-24-27-41(48-46(31)34)39-28-40-45-33(16-9-19-44(45)50-47(40)38-15-4-3-12-35(38)39)30-22-25-32(26-23-30)49-42-17-7-5-13-36(42)37-14-6-8-18-43(37)49/h1-28H. The summed E-state index contributed by atoms with van der Waals surface area (Å²) in [6.07, 6.45) is 0. The SMILES string of the molecule is c1ccc2c(c1)ccc1ccc(-c3cc4c(oc5cccc(-c6ccc(-n7c8ccccc8c8ccccc87)cc6)c54)c4ccccc34)nc12. The van der Waals surface area contributed by atoms with Crippen LogP contribution < -0.4 is 0 Å². The van der Waals surface area contributed by atoms with E-state index >= 15 is 0 Å². The number of pyridine rings is 1. The predicted octanol–water partition coefficient (Wildman–Crippen LogP) is 12.9. The zero-order valence-electron chi connectivity index (χ0n) is 27.0. The van der Waals surface area contributed by atoms with Crippen molar-refractivity contribution in [3.05, 3.63) is 170 Å². The molecule has 50 heavy (non-hydrogen) atoms. The number of rotatable bonds is 3. The molecule has 0 atom stereocenters. The van der Waals surface area contributed by atoms with Crippen molar-refractivity contribution in [2.45, 2.75) is 0 Å². The fraction of sp³-hybridized carbons (Fsp3) is 0. The Kier molecular flexibility index (Phi) is 5.67. The first kappa shape index (κ1) is 27.3. The van der Waals surface area contributed by atoms with Gasteiger partial charge in [0.1, 0.15) is 11.2 Å². The third-order valence-electron chi connectivity index (χ3n) is 10.4. The van der Waals surface area contributed by atoms with Gasteiger partial charge in [-0.2, -0.15) is 0 Å². The lowest BCUT2D eigenvalue weighted by Crippen LogP contribution is -1.93. The molecule has 3 heterocycles. The molecular formula is C47H28N2O. The molecule has 11 aromatic rings. The lowest BCUT2D eigenvalue weighted by Gasteiger charge is -2.11. The summed E-state index contributed by atoms with van der Waals surface area (Å²) >= 11 is 0. The van der Waals surface area contributed by atoms with Crippen molar-refractivity contribution in [2.24, 2.45) is 0 Å². The minimum Gasteiger partial charge on any atom is -0.455 e. The van der Waals surface area contributed by atoms with Crippen molar-refractivity contribution < 1.29 is 4.42 Å². The molecular weight excluding hydrogens is 609 g/mol. The van der Waals surface area contributed by atoms with Gasteiger partial charge < -0.3 is 8.98 Å². The molecule has 0 saturated heterocycles. The van der Waals surface area contributed by atoms with Gasteiger partial charge in [0.05, 0.1) is 22.2 Å². The molecule has 0 aliphatic heterocycles. The summed E-state index contributed by atoms with van der Waals surface area (Å²) in [5.41, 5.74) is 10.7. The highest BCUT2D eigenvalue weighted by Crippen LogP contribution is 2.43. The van der Waals surface area contributed by atoms with E-state index in [4.69, 9.17) is 9.40 Å². The van der Waals surface area contributed by atoms with Crippen LogP contribution in [0.2, 0.25) is 0 Å². The Labute approximate surface area is 287 Å². The Morgan fingerprint density at radius 1 is 0.440 bits per heavy atom. The normalized spacial score (nSPS) is 12.0. The van der Waals surface area contributed by atoms with Crippen molar-refractivity contribution in [3.8, 4) is 28.1 Å². The summed E-state index contributed by atoms with van der Waals surface area (Å²) in [6.45, 7) is 0. The molecule has 0 aliphatic rings. The van der Waals surface area contributed by atoms with Crippen LogP contribution in [0.15, 0.2) is 174 Å². The summed E-state index contributed by atoms with van der Waals surface area (Å²) in [7, 11) is 0. The van der Waals surface area contributed by atoms with Crippen LogP contribution in [0.3, 0.4) is 0 Å². The van der Waals surface area contributed by atoms with Crippen LogP contribution in [0.25, 0.3) is 104 Å². The molecule has 0 radical (unpaired) electrons. The zero-order chi connectivity index (χ0) is 32.8. The quantitative estimate of drug-likeness (QED) is 0.181. The Morgan fingerprint density at radius 2 is 1.08 bits per heavy atom. The van der Waals surface area contributed by atoms with E-state index in [1.165, 1.54) is 27.2 Å². The second-order valence-electron chi connectivity index (χ2n) is 13.1. The number of nitrogens with zero attached hydrogens (tertiary/aromatic N) is 2. The van der Waals surface area contributed by atoms with Gasteiger partial charge in [-0.25, -0.2) is 4.98 Å². The smallest absolute Gasteiger partial charge is 0.143 e. The summed E-state index contributed by atoms with van der Waals surface area (Å²) in [5, 5.41) is 10.4. The third-order valence-corrected chi connectivity index (χ3v) is 10.4. The first-order valence-electron chi connectivity index (χ1n) is 17.0. The average molecular weight is 637 g/mol. The second kappa shape index (κ2) is 10.4. The molecule has 0 spiro atoms. The van der Waals surface area contributed by atoms with Crippen molar-refractivity contribution in [3.63, 3.8) is 0 Å². The Morgan fingerprint density at radius 3 is 1.86 bits per heavy atom. The molecule has 11 rings (SSSR count). The fourth-order valence-corrected chi connectivity index (χ4v) is 8.10. The van der Waals surface area contributed by atoms with E-state index in [-0.39, 0.29) is 0 Å². The predicted molar refractivity (Wildman–Crippen MR) is 209 cm³/mol. The van der Waals surface area contributed by atoms with Gasteiger partial charge in [-0.05, 0) is 64.4 Å². The maximum Gasteiger partial charge on any atom is 0.143 e. The highest BCUT2D eigenvalue weighted by Gasteiger charge is 2.19. The summed E-state index contributed by atoms with van der Waals surface area (Å²) in [4.78, 5) is 5.32. The topological polar surface area (TPSA) is 31.0 Å². The largest absolute Gasteiger partial charge is 0.455 e. The molecule has 8 aromatic carbocycles. The van der Waals surface area contributed by atoms with Crippen molar-refractivity contribution in [2.75, 3.05) is 0 Å². The number of aromatic nitrogens is 2. The third kappa shape index (κ3) is 3.89. The van der Waals surface area contributed by atoms with E-state index in [2.05, 4.69) is 174 Å². The maximum absolute atomic E-state index is 6.70. The molecule has 0 N–H and O–H groups in total. The highest BCUT2D eigenvalue weighted by molar-refractivity contribution is 6.22. The van der Waals surface area contributed by atoms with Gasteiger partial charge in [-0.15, -0.1) is 0 Å². The Balaban J connectivity index is 1.12. The fourth-order valence-electron chi connectivity index (χ4n) is 8.10. The van der Waals surface area contributed by atoms with Gasteiger partial charge >= 0.3 is 0 Å². The molecule has 0 bridgehead atoms. The maximum atomic E-state index is 6.70. The second-order valence-corrected chi connectivity index (χ2v) is 13.1. The summed E-state index contributed by atoms with van der Waals surface area (Å²) < 4.78 is 9.06. The molecule has 3 nitrogen and oxygen atoms in total. The van der Waals surface area contributed by atoms with E-state index in [1.807, 2.05) is 0 Å². The number of hydrogen-bond acceptors (Lipinski definition) is 2. The van der Waals surface area contributed by atoms with Crippen LogP contribution in [0.4, 0.5) is 0 Å². The van der Waals surface area contributed by atoms with Gasteiger partial charge in [0.2, 0.25) is 0 Å². The lowest BCUT2D eigenvalue weighted by atomic mass is 9.94. The molecule has 3 heteroatoms. The molecule has 3 aromatic heterocycles. The molecule has 0 aliphatic carbocycles. The number of hydrogen-bond donors (Lipinski definition) is 0. The first-order chi connectivity index (χ1) is 24.8. The van der Waals surface area contributed by atoms with Crippen LogP contribution >= 0.6 is 0 Å². The van der Waals surface area contributed by atoms with Gasteiger partial charge in [-0.1, -0.05) is 127 Å². The van der Waals surface area contributed by atoms with Crippen LogP contribution in [0.1, 0.15) is 0 Å².